The Kier molecular flexibility index (Phi) is 4.03. The summed E-state index contributed by atoms with van der Waals surface area (Å²) in [7, 11) is 1.89. The zero-order valence-electron chi connectivity index (χ0n) is 16.3. The molecule has 2 aromatic heterocycles. The zero-order chi connectivity index (χ0) is 19.3. The van der Waals surface area contributed by atoms with E-state index in [1.54, 1.807) is 4.68 Å². The fraction of sp³-hybridized carbons (Fsp3) is 0.429. The van der Waals surface area contributed by atoms with Gasteiger partial charge in [0.25, 0.3) is 0 Å². The minimum absolute atomic E-state index is 0.0206. The monoisotopic (exact) mass is 376 g/mol. The Morgan fingerprint density at radius 3 is 2.82 bits per heavy atom. The van der Waals surface area contributed by atoms with Crippen LogP contribution in [0.15, 0.2) is 30.5 Å². The van der Waals surface area contributed by atoms with Crippen molar-refractivity contribution in [3.63, 3.8) is 0 Å². The first kappa shape index (κ1) is 17.2. The molecule has 144 valence electrons. The van der Waals surface area contributed by atoms with Gasteiger partial charge in [0.2, 0.25) is 5.91 Å². The van der Waals surface area contributed by atoms with Crippen LogP contribution in [0.2, 0.25) is 0 Å². The van der Waals surface area contributed by atoms with Crippen molar-refractivity contribution in [3.8, 4) is 0 Å². The number of fused-ring (bicyclic) bond motifs is 2. The molecule has 0 saturated carbocycles. The molecule has 1 saturated heterocycles. The van der Waals surface area contributed by atoms with Crippen LogP contribution in [0.25, 0.3) is 11.0 Å². The Morgan fingerprint density at radius 1 is 1.14 bits per heavy atom. The molecule has 2 aliphatic heterocycles. The van der Waals surface area contributed by atoms with Crippen LogP contribution in [0.4, 0.5) is 5.82 Å². The second-order valence-corrected chi connectivity index (χ2v) is 7.81. The van der Waals surface area contributed by atoms with E-state index in [4.69, 9.17) is 0 Å². The van der Waals surface area contributed by atoms with Crippen molar-refractivity contribution in [2.24, 2.45) is 13.0 Å². The van der Waals surface area contributed by atoms with Crippen molar-refractivity contribution < 1.29 is 4.79 Å². The summed E-state index contributed by atoms with van der Waals surface area (Å²) in [5, 5.41) is 5.28. The molecule has 28 heavy (non-hydrogen) atoms. The Labute approximate surface area is 164 Å². The maximum atomic E-state index is 13.2. The number of aryl methyl sites for hydroxylation is 2. The Balaban J connectivity index is 1.35. The Morgan fingerprint density at radius 2 is 1.96 bits per heavy atom. The van der Waals surface area contributed by atoms with E-state index < -0.39 is 0 Å². The number of carbonyl (C=O) groups is 1. The number of hydrogen-bond acceptors (Lipinski definition) is 5. The average Bonchev–Trinajstić information content (AvgIpc) is 3.34. The molecule has 0 spiro atoms. The van der Waals surface area contributed by atoms with Crippen LogP contribution in [-0.4, -0.2) is 50.2 Å². The van der Waals surface area contributed by atoms with Gasteiger partial charge in [-0.15, -0.1) is 0 Å². The molecule has 0 radical (unpaired) electrons. The van der Waals surface area contributed by atoms with Gasteiger partial charge in [-0.25, -0.2) is 9.97 Å². The predicted octanol–water partition coefficient (Wildman–Crippen LogP) is 2.08. The van der Waals surface area contributed by atoms with Crippen molar-refractivity contribution in [2.45, 2.75) is 26.3 Å². The number of benzene rings is 1. The third kappa shape index (κ3) is 2.82. The van der Waals surface area contributed by atoms with Crippen molar-refractivity contribution >= 4 is 22.8 Å². The average molecular weight is 376 g/mol. The van der Waals surface area contributed by atoms with E-state index in [0.717, 1.165) is 55.2 Å². The summed E-state index contributed by atoms with van der Waals surface area (Å²) < 4.78 is 1.78. The van der Waals surface area contributed by atoms with Gasteiger partial charge in [0.1, 0.15) is 11.6 Å². The van der Waals surface area contributed by atoms with Gasteiger partial charge in [0.05, 0.1) is 17.5 Å². The van der Waals surface area contributed by atoms with E-state index in [1.165, 1.54) is 11.1 Å². The Hall–Kier alpha value is -2.96. The second-order valence-electron chi connectivity index (χ2n) is 7.81. The van der Waals surface area contributed by atoms with Crippen LogP contribution >= 0.6 is 0 Å². The van der Waals surface area contributed by atoms with Crippen molar-refractivity contribution in [2.75, 3.05) is 24.5 Å². The summed E-state index contributed by atoms with van der Waals surface area (Å²) in [6.45, 7) is 4.98. The first-order chi connectivity index (χ1) is 13.6. The molecule has 4 heterocycles. The minimum Gasteiger partial charge on any atom is -0.355 e. The van der Waals surface area contributed by atoms with E-state index in [-0.39, 0.29) is 11.8 Å². The van der Waals surface area contributed by atoms with Gasteiger partial charge in [0, 0.05) is 33.2 Å². The molecule has 3 aromatic rings. The summed E-state index contributed by atoms with van der Waals surface area (Å²) in [4.78, 5) is 26.6. The lowest BCUT2D eigenvalue weighted by molar-refractivity contribution is -0.135. The Bertz CT molecular complexity index is 1060. The summed E-state index contributed by atoms with van der Waals surface area (Å²) in [6, 6.07) is 8.44. The summed E-state index contributed by atoms with van der Waals surface area (Å²) >= 11 is 0. The molecule has 2 aliphatic rings. The molecule has 1 aromatic carbocycles. The molecule has 1 amide bonds. The molecule has 1 fully saturated rings. The minimum atomic E-state index is 0.0206. The summed E-state index contributed by atoms with van der Waals surface area (Å²) in [5.41, 5.74) is 3.49. The maximum Gasteiger partial charge on any atom is 0.227 e. The summed E-state index contributed by atoms with van der Waals surface area (Å²) in [6.07, 6.45) is 3.63. The van der Waals surface area contributed by atoms with E-state index >= 15 is 0 Å². The van der Waals surface area contributed by atoms with Gasteiger partial charge in [-0.05, 0) is 30.9 Å². The number of rotatable bonds is 2. The van der Waals surface area contributed by atoms with Crippen molar-refractivity contribution in [1.29, 1.82) is 0 Å². The van der Waals surface area contributed by atoms with E-state index in [0.29, 0.717) is 6.54 Å². The van der Waals surface area contributed by atoms with Crippen LogP contribution in [0, 0.1) is 12.8 Å². The topological polar surface area (TPSA) is 67.2 Å². The number of carbonyl (C=O) groups excluding carboxylic acids is 1. The highest BCUT2D eigenvalue weighted by Gasteiger charge is 2.34. The molecule has 1 unspecified atom stereocenters. The SMILES string of the molecule is Cc1nc(N2CCC(C(=O)N3CCc4ccccc4C3)C2)c2cnn(C)c2n1. The molecule has 7 heteroatoms. The van der Waals surface area contributed by atoms with Crippen LogP contribution in [0.1, 0.15) is 23.4 Å². The highest BCUT2D eigenvalue weighted by molar-refractivity contribution is 5.88. The van der Waals surface area contributed by atoms with E-state index in [9.17, 15) is 4.79 Å². The maximum absolute atomic E-state index is 13.2. The molecular weight excluding hydrogens is 352 g/mol. The first-order valence-corrected chi connectivity index (χ1v) is 9.87. The fourth-order valence-electron chi connectivity index (χ4n) is 4.45. The molecular formula is C21H24N6O. The van der Waals surface area contributed by atoms with Gasteiger partial charge < -0.3 is 9.80 Å². The van der Waals surface area contributed by atoms with Crippen LogP contribution in [0.5, 0.6) is 0 Å². The van der Waals surface area contributed by atoms with Crippen molar-refractivity contribution in [1.82, 2.24) is 24.6 Å². The zero-order valence-corrected chi connectivity index (χ0v) is 16.3. The standard InChI is InChI=1S/C21H24N6O/c1-14-23-19-18(11-22-25(19)2)20(24-14)26-9-8-17(13-26)21(28)27-10-7-15-5-3-4-6-16(15)12-27/h3-6,11,17H,7-10,12-13H2,1-2H3. The molecule has 0 N–H and O–H groups in total. The normalized spacial score (nSPS) is 19.3. The third-order valence-corrected chi connectivity index (χ3v) is 5.96. The third-order valence-electron chi connectivity index (χ3n) is 5.96. The van der Waals surface area contributed by atoms with Crippen molar-refractivity contribution in [3.05, 3.63) is 47.4 Å². The quantitative estimate of drug-likeness (QED) is 0.685. The lowest BCUT2D eigenvalue weighted by Crippen LogP contribution is -2.40. The first-order valence-electron chi connectivity index (χ1n) is 9.87. The molecule has 0 aliphatic carbocycles. The number of anilines is 1. The molecule has 7 nitrogen and oxygen atoms in total. The van der Waals surface area contributed by atoms with Crippen LogP contribution < -0.4 is 4.90 Å². The highest BCUT2D eigenvalue weighted by Crippen LogP contribution is 2.30. The van der Waals surface area contributed by atoms with Gasteiger partial charge >= 0.3 is 0 Å². The fourth-order valence-corrected chi connectivity index (χ4v) is 4.45. The lowest BCUT2D eigenvalue weighted by Gasteiger charge is -2.31. The summed E-state index contributed by atoms with van der Waals surface area (Å²) in [5.74, 6) is 1.92. The smallest absolute Gasteiger partial charge is 0.227 e. The number of hydrogen-bond donors (Lipinski definition) is 0. The number of nitrogens with zero attached hydrogens (tertiary/aromatic N) is 6. The molecule has 0 bridgehead atoms. The van der Waals surface area contributed by atoms with Crippen LogP contribution in [-0.2, 0) is 24.8 Å². The van der Waals surface area contributed by atoms with E-state index in [1.807, 2.05) is 25.1 Å². The number of amides is 1. The van der Waals surface area contributed by atoms with Gasteiger partial charge in [0.15, 0.2) is 5.65 Å². The lowest BCUT2D eigenvalue weighted by atomic mass is 9.98. The van der Waals surface area contributed by atoms with Gasteiger partial charge in [-0.2, -0.15) is 5.10 Å². The molecule has 5 rings (SSSR count). The van der Waals surface area contributed by atoms with Gasteiger partial charge in [-0.3, -0.25) is 9.48 Å². The van der Waals surface area contributed by atoms with Gasteiger partial charge in [-0.1, -0.05) is 24.3 Å². The van der Waals surface area contributed by atoms with E-state index in [2.05, 4.69) is 44.2 Å². The number of aromatic nitrogens is 4. The predicted molar refractivity (Wildman–Crippen MR) is 107 cm³/mol. The second kappa shape index (κ2) is 6.58. The largest absolute Gasteiger partial charge is 0.355 e. The molecule has 1 atom stereocenters. The highest BCUT2D eigenvalue weighted by atomic mass is 16.2. The van der Waals surface area contributed by atoms with Crippen LogP contribution in [0.3, 0.4) is 0 Å².